The molecule has 10 heteroatoms. The highest BCUT2D eigenvalue weighted by atomic mass is 32.1. The van der Waals surface area contributed by atoms with Crippen LogP contribution in [-0.4, -0.2) is 59.3 Å². The van der Waals surface area contributed by atoms with Crippen molar-refractivity contribution in [3.63, 3.8) is 0 Å². The number of hydrogen-bond acceptors (Lipinski definition) is 10. The van der Waals surface area contributed by atoms with Gasteiger partial charge in [0.05, 0.1) is 11.0 Å². The van der Waals surface area contributed by atoms with Gasteiger partial charge >= 0.3 is 0 Å². The Bertz CT molecular complexity index is 1320. The smallest absolute Gasteiger partial charge is 0.237 e. The Morgan fingerprint density at radius 1 is 1.31 bits per heavy atom. The van der Waals surface area contributed by atoms with E-state index in [1.165, 1.54) is 16.9 Å². The van der Waals surface area contributed by atoms with Crippen LogP contribution < -0.4 is 16.0 Å². The molecule has 3 aromatic heterocycles. The van der Waals surface area contributed by atoms with Gasteiger partial charge in [0.2, 0.25) is 11.7 Å². The second-order valence-electron chi connectivity index (χ2n) is 10.3. The lowest BCUT2D eigenvalue weighted by molar-refractivity contribution is 0.274. The van der Waals surface area contributed by atoms with Crippen molar-refractivity contribution in [1.29, 1.82) is 5.26 Å². The summed E-state index contributed by atoms with van der Waals surface area (Å²) in [5.41, 5.74) is 9.08. The van der Waals surface area contributed by atoms with Crippen molar-refractivity contribution in [2.75, 3.05) is 43.9 Å². The molecule has 0 amide bonds. The lowest BCUT2D eigenvalue weighted by Crippen LogP contribution is -2.50. The molecule has 0 spiro atoms. The van der Waals surface area contributed by atoms with Gasteiger partial charge in [-0.1, -0.05) is 5.16 Å². The molecule has 182 valence electrons. The summed E-state index contributed by atoms with van der Waals surface area (Å²) in [6.45, 7) is 8.24. The van der Waals surface area contributed by atoms with Crippen molar-refractivity contribution in [3.05, 3.63) is 39.6 Å². The minimum atomic E-state index is -0.539. The van der Waals surface area contributed by atoms with Gasteiger partial charge in [-0.25, -0.2) is 4.98 Å². The molecular formula is C25H30N8OS. The summed E-state index contributed by atoms with van der Waals surface area (Å²) in [6.07, 6.45) is 2.74. The molecule has 35 heavy (non-hydrogen) atoms. The van der Waals surface area contributed by atoms with Crippen LogP contribution >= 0.6 is 11.3 Å². The van der Waals surface area contributed by atoms with E-state index in [0.29, 0.717) is 34.4 Å². The Hall–Kier alpha value is -3.00. The highest BCUT2D eigenvalue weighted by Crippen LogP contribution is 2.48. The van der Waals surface area contributed by atoms with Crippen LogP contribution in [0.4, 0.5) is 10.8 Å². The number of aryl methyl sites for hydroxylation is 1. The molecule has 0 saturated carbocycles. The molecule has 2 saturated heterocycles. The summed E-state index contributed by atoms with van der Waals surface area (Å²) >= 11 is 1.51. The van der Waals surface area contributed by atoms with E-state index in [1.54, 1.807) is 0 Å². The molecule has 3 aromatic rings. The van der Waals surface area contributed by atoms with Gasteiger partial charge in [0.1, 0.15) is 22.6 Å². The molecule has 2 fully saturated rings. The number of likely N-dealkylation sites (N-methyl/N-ethyl adjacent to an activating group) is 1. The van der Waals surface area contributed by atoms with Gasteiger partial charge in [-0.05, 0) is 57.9 Å². The van der Waals surface area contributed by atoms with Crippen molar-refractivity contribution < 1.29 is 4.52 Å². The van der Waals surface area contributed by atoms with Gasteiger partial charge in [0.25, 0.3) is 0 Å². The number of nitriles is 1. The summed E-state index contributed by atoms with van der Waals surface area (Å²) in [6, 6.07) is 7.29. The number of rotatable bonds is 4. The van der Waals surface area contributed by atoms with Crippen LogP contribution in [0.1, 0.15) is 60.2 Å². The third-order valence-electron chi connectivity index (χ3n) is 7.65. The maximum atomic E-state index is 9.79. The van der Waals surface area contributed by atoms with Crippen LogP contribution in [0, 0.1) is 11.3 Å². The lowest BCUT2D eigenvalue weighted by Gasteiger charge is -2.39. The van der Waals surface area contributed by atoms with Crippen LogP contribution in [0.5, 0.6) is 0 Å². The van der Waals surface area contributed by atoms with Crippen molar-refractivity contribution in [1.82, 2.24) is 25.3 Å². The van der Waals surface area contributed by atoms with Crippen molar-refractivity contribution >= 4 is 22.2 Å². The first-order valence-corrected chi connectivity index (χ1v) is 13.1. The van der Waals surface area contributed by atoms with Crippen LogP contribution in [0.3, 0.4) is 0 Å². The first-order chi connectivity index (χ1) is 16.9. The molecule has 3 atom stereocenters. The molecule has 9 nitrogen and oxygen atoms in total. The summed E-state index contributed by atoms with van der Waals surface area (Å²) in [5.74, 6) is 1.97. The standard InChI is InChI=1S/C25H30N8OS/c1-14-13-32(3)7-8-33(14)20-10-15(18-12-28-18)9-17(29-20)23-30-24(34-31-23)25(2)6-4-5-19-21(25)16(11-26)22(27)35-19/h9-10,14,18,28H,4-8,12-13,27H2,1-3H3. The molecule has 1 aliphatic carbocycles. The fourth-order valence-electron chi connectivity index (χ4n) is 5.64. The third kappa shape index (κ3) is 3.78. The number of hydrogen-bond donors (Lipinski definition) is 2. The maximum absolute atomic E-state index is 9.79. The summed E-state index contributed by atoms with van der Waals surface area (Å²) in [7, 11) is 2.16. The number of aromatic nitrogens is 3. The number of nitrogen functional groups attached to an aromatic ring is 1. The summed E-state index contributed by atoms with van der Waals surface area (Å²) < 4.78 is 5.88. The van der Waals surface area contributed by atoms with Crippen LogP contribution in [0.15, 0.2) is 16.7 Å². The number of anilines is 2. The number of nitrogens with two attached hydrogens (primary N) is 1. The van der Waals surface area contributed by atoms with Crippen molar-refractivity contribution in [3.8, 4) is 17.6 Å². The van der Waals surface area contributed by atoms with E-state index in [4.69, 9.17) is 20.2 Å². The van der Waals surface area contributed by atoms with E-state index in [9.17, 15) is 5.26 Å². The summed E-state index contributed by atoms with van der Waals surface area (Å²) in [4.78, 5) is 15.7. The molecule has 3 N–H and O–H groups in total. The Kier molecular flexibility index (Phi) is 5.32. The highest BCUT2D eigenvalue weighted by molar-refractivity contribution is 7.16. The van der Waals surface area contributed by atoms with E-state index >= 15 is 0 Å². The zero-order valence-corrected chi connectivity index (χ0v) is 21.2. The highest BCUT2D eigenvalue weighted by Gasteiger charge is 2.43. The second-order valence-corrected chi connectivity index (χ2v) is 11.4. The average molecular weight is 491 g/mol. The molecule has 6 rings (SSSR count). The van der Waals surface area contributed by atoms with Crippen LogP contribution in [0.2, 0.25) is 0 Å². The number of nitrogens with zero attached hydrogens (tertiary/aromatic N) is 6. The Balaban J connectivity index is 1.40. The zero-order chi connectivity index (χ0) is 24.3. The van der Waals surface area contributed by atoms with Crippen LogP contribution in [-0.2, 0) is 11.8 Å². The molecular weight excluding hydrogens is 460 g/mol. The number of piperazine rings is 1. The topological polar surface area (TPSA) is 130 Å². The van der Waals surface area contributed by atoms with Gasteiger partial charge in [-0.2, -0.15) is 10.2 Å². The number of nitrogens with one attached hydrogen (secondary N) is 1. The number of pyridine rings is 1. The molecule has 0 aromatic carbocycles. The molecule has 0 radical (unpaired) electrons. The fourth-order valence-corrected chi connectivity index (χ4v) is 6.83. The van der Waals surface area contributed by atoms with Crippen molar-refractivity contribution in [2.45, 2.75) is 50.6 Å². The lowest BCUT2D eigenvalue weighted by atomic mass is 9.72. The SMILES string of the molecule is CC1CN(C)CCN1c1cc(C2CN2)cc(-c2noc(C3(C)CCCc4sc(N)c(C#N)c43)n2)n1. The van der Waals surface area contributed by atoms with Gasteiger partial charge in [0.15, 0.2) is 0 Å². The molecule has 3 unspecified atom stereocenters. The van der Waals surface area contributed by atoms with E-state index in [1.807, 2.05) is 0 Å². The molecule has 5 heterocycles. The van der Waals surface area contributed by atoms with Gasteiger partial charge in [-0.15, -0.1) is 11.3 Å². The third-order valence-corrected chi connectivity index (χ3v) is 8.73. The predicted octanol–water partition coefficient (Wildman–Crippen LogP) is 3.07. The Labute approximate surface area is 208 Å². The second kappa shape index (κ2) is 8.29. The number of fused-ring (bicyclic) bond motifs is 1. The predicted molar refractivity (Wildman–Crippen MR) is 135 cm³/mol. The monoisotopic (exact) mass is 490 g/mol. The summed E-state index contributed by atoms with van der Waals surface area (Å²) in [5, 5.41) is 18.1. The molecule has 2 aliphatic heterocycles. The zero-order valence-electron chi connectivity index (χ0n) is 20.3. The fraction of sp³-hybridized carbons (Fsp3) is 0.520. The van der Waals surface area contributed by atoms with E-state index < -0.39 is 5.41 Å². The van der Waals surface area contributed by atoms with E-state index in [-0.39, 0.29) is 0 Å². The number of thiophene rings is 1. The largest absolute Gasteiger partial charge is 0.389 e. The minimum Gasteiger partial charge on any atom is -0.389 e. The maximum Gasteiger partial charge on any atom is 0.237 e. The molecule has 3 aliphatic rings. The molecule has 0 bridgehead atoms. The first kappa shape index (κ1) is 22.5. The first-order valence-electron chi connectivity index (χ1n) is 12.2. The quantitative estimate of drug-likeness (QED) is 0.530. The van der Waals surface area contributed by atoms with E-state index in [2.05, 4.69) is 59.4 Å². The van der Waals surface area contributed by atoms with Gasteiger partial charge in [0, 0.05) is 48.7 Å². The van der Waals surface area contributed by atoms with Gasteiger partial charge in [-0.3, -0.25) is 0 Å². The Morgan fingerprint density at radius 3 is 2.89 bits per heavy atom. The van der Waals surface area contributed by atoms with Gasteiger partial charge < -0.3 is 25.4 Å². The Morgan fingerprint density at radius 2 is 2.14 bits per heavy atom. The minimum absolute atomic E-state index is 0.343. The van der Waals surface area contributed by atoms with Crippen LogP contribution in [0.25, 0.3) is 11.5 Å². The normalized spacial score (nSPS) is 26.4. The average Bonchev–Trinajstić information content (AvgIpc) is 3.46. The van der Waals surface area contributed by atoms with E-state index in [0.717, 1.165) is 67.4 Å². The van der Waals surface area contributed by atoms with Crippen molar-refractivity contribution in [2.24, 2.45) is 0 Å².